The molecule has 234 valence electrons. The van der Waals surface area contributed by atoms with Gasteiger partial charge in [-0.15, -0.1) is 0 Å². The molecule has 0 saturated heterocycles. The van der Waals surface area contributed by atoms with Crippen LogP contribution in [-0.4, -0.2) is 24.5 Å². The van der Waals surface area contributed by atoms with E-state index in [-0.39, 0.29) is 0 Å². The Balaban J connectivity index is 1.28. The Hall–Kier alpha value is -6.92. The summed E-state index contributed by atoms with van der Waals surface area (Å²) in [4.78, 5) is 19.5. The number of hydrogen-bond donors (Lipinski definition) is 0. The lowest BCUT2D eigenvalue weighted by molar-refractivity contribution is 0.670. The Labute approximate surface area is 287 Å². The van der Waals surface area contributed by atoms with E-state index < -0.39 is 0 Å². The summed E-state index contributed by atoms with van der Waals surface area (Å²) >= 11 is 0. The van der Waals surface area contributed by atoms with Crippen LogP contribution in [0.4, 0.5) is 0 Å². The van der Waals surface area contributed by atoms with Gasteiger partial charge in [-0.3, -0.25) is 4.98 Å². The first-order valence-corrected chi connectivity index (χ1v) is 16.5. The minimum Gasteiger partial charge on any atom is -0.455 e. The maximum Gasteiger partial charge on any atom is 0.164 e. The predicted octanol–water partition coefficient (Wildman–Crippen LogP) is 10.9. The fourth-order valence-corrected chi connectivity index (χ4v) is 7.00. The monoisotopic (exact) mass is 641 g/mol. The van der Waals surface area contributed by atoms with Crippen LogP contribution in [0.15, 0.2) is 168 Å². The molecular weight excluding hydrogens is 615 g/mol. The lowest BCUT2D eigenvalue weighted by atomic mass is 9.99. The number of para-hydroxylation sites is 2. The van der Waals surface area contributed by atoms with Gasteiger partial charge in [0.05, 0.1) is 11.0 Å². The van der Waals surface area contributed by atoms with Crippen molar-refractivity contribution in [1.82, 2.24) is 24.5 Å². The Bertz CT molecular complexity index is 2790. The molecule has 0 aliphatic rings. The van der Waals surface area contributed by atoms with E-state index in [0.29, 0.717) is 17.5 Å². The summed E-state index contributed by atoms with van der Waals surface area (Å²) < 4.78 is 9.13. The zero-order valence-corrected chi connectivity index (χ0v) is 26.7. The van der Waals surface area contributed by atoms with Crippen molar-refractivity contribution in [3.63, 3.8) is 0 Å². The normalized spacial score (nSPS) is 11.6. The minimum absolute atomic E-state index is 0.584. The van der Waals surface area contributed by atoms with Crippen LogP contribution in [0.2, 0.25) is 0 Å². The summed E-state index contributed by atoms with van der Waals surface area (Å²) in [6, 6.07) is 51.9. The fourth-order valence-electron chi connectivity index (χ4n) is 7.00. The number of aromatic nitrogens is 5. The zero-order chi connectivity index (χ0) is 33.0. The summed E-state index contributed by atoms with van der Waals surface area (Å²) in [7, 11) is 0. The van der Waals surface area contributed by atoms with Crippen LogP contribution in [0, 0.1) is 0 Å². The van der Waals surface area contributed by atoms with Crippen LogP contribution in [0.25, 0.3) is 94.7 Å². The molecule has 6 heteroatoms. The highest BCUT2D eigenvalue weighted by molar-refractivity contribution is 6.19. The molecule has 0 N–H and O–H groups in total. The Morgan fingerprint density at radius 3 is 1.74 bits per heavy atom. The van der Waals surface area contributed by atoms with E-state index in [1.54, 1.807) is 6.20 Å². The molecule has 0 aliphatic heterocycles. The van der Waals surface area contributed by atoms with Crippen LogP contribution in [-0.2, 0) is 0 Å². The van der Waals surface area contributed by atoms with E-state index in [9.17, 15) is 0 Å². The van der Waals surface area contributed by atoms with Gasteiger partial charge in [0.2, 0.25) is 0 Å². The first-order valence-electron chi connectivity index (χ1n) is 16.5. The molecule has 0 spiro atoms. The van der Waals surface area contributed by atoms with Crippen LogP contribution in [0.3, 0.4) is 0 Å². The van der Waals surface area contributed by atoms with Crippen LogP contribution in [0.1, 0.15) is 0 Å². The maximum atomic E-state index is 6.82. The fraction of sp³-hybridized carbons (Fsp3) is 0. The minimum atomic E-state index is 0.584. The van der Waals surface area contributed by atoms with Crippen molar-refractivity contribution in [3.8, 4) is 51.0 Å². The summed E-state index contributed by atoms with van der Waals surface area (Å²) in [5.74, 6) is 1.82. The zero-order valence-electron chi connectivity index (χ0n) is 26.7. The van der Waals surface area contributed by atoms with Gasteiger partial charge >= 0.3 is 0 Å². The third-order valence-electron chi connectivity index (χ3n) is 9.31. The first kappa shape index (κ1) is 28.1. The molecule has 0 radical (unpaired) electrons. The van der Waals surface area contributed by atoms with E-state index in [0.717, 1.165) is 71.9 Å². The van der Waals surface area contributed by atoms with Crippen molar-refractivity contribution in [2.75, 3.05) is 0 Å². The third-order valence-corrected chi connectivity index (χ3v) is 9.31. The van der Waals surface area contributed by atoms with Crippen molar-refractivity contribution in [2.45, 2.75) is 0 Å². The van der Waals surface area contributed by atoms with Crippen molar-refractivity contribution >= 4 is 43.7 Å². The molecule has 0 saturated carbocycles. The molecule has 0 atom stereocenters. The Morgan fingerprint density at radius 2 is 1.06 bits per heavy atom. The van der Waals surface area contributed by atoms with Gasteiger partial charge in [0.25, 0.3) is 0 Å². The second kappa shape index (κ2) is 11.4. The second-order valence-corrected chi connectivity index (χ2v) is 12.3. The van der Waals surface area contributed by atoms with Crippen LogP contribution >= 0.6 is 0 Å². The summed E-state index contributed by atoms with van der Waals surface area (Å²) in [6.07, 6.45) is 3.66. The average molecular weight is 642 g/mol. The molecule has 0 amide bonds. The van der Waals surface area contributed by atoms with Crippen LogP contribution < -0.4 is 0 Å². The van der Waals surface area contributed by atoms with Gasteiger partial charge in [-0.2, -0.15) is 0 Å². The lowest BCUT2D eigenvalue weighted by Gasteiger charge is -2.10. The number of nitrogens with zero attached hydrogens (tertiary/aromatic N) is 5. The van der Waals surface area contributed by atoms with Gasteiger partial charge in [0.15, 0.2) is 17.5 Å². The molecule has 6 aromatic carbocycles. The lowest BCUT2D eigenvalue weighted by Crippen LogP contribution is -2.00. The van der Waals surface area contributed by atoms with Crippen molar-refractivity contribution in [1.29, 1.82) is 0 Å². The summed E-state index contributed by atoms with van der Waals surface area (Å²) in [5.41, 5.74) is 9.52. The second-order valence-electron chi connectivity index (χ2n) is 12.3. The third kappa shape index (κ3) is 4.58. The molecule has 10 aromatic rings. The number of pyridine rings is 1. The topological polar surface area (TPSA) is 69.6 Å². The number of furan rings is 1. The van der Waals surface area contributed by atoms with Crippen molar-refractivity contribution in [2.24, 2.45) is 0 Å². The molecule has 0 unspecified atom stereocenters. The van der Waals surface area contributed by atoms with E-state index in [4.69, 9.17) is 19.4 Å². The van der Waals surface area contributed by atoms with Gasteiger partial charge in [-0.05, 0) is 42.5 Å². The van der Waals surface area contributed by atoms with E-state index in [1.165, 1.54) is 5.39 Å². The highest BCUT2D eigenvalue weighted by atomic mass is 16.3. The smallest absolute Gasteiger partial charge is 0.164 e. The van der Waals surface area contributed by atoms with Crippen LogP contribution in [0.5, 0.6) is 0 Å². The van der Waals surface area contributed by atoms with Gasteiger partial charge < -0.3 is 8.98 Å². The number of fused-ring (bicyclic) bond motifs is 6. The molecule has 4 aromatic heterocycles. The Kier molecular flexibility index (Phi) is 6.39. The van der Waals surface area contributed by atoms with Gasteiger partial charge in [0.1, 0.15) is 11.2 Å². The summed E-state index contributed by atoms with van der Waals surface area (Å²) in [5, 5.41) is 4.35. The number of hydrogen-bond acceptors (Lipinski definition) is 5. The molecule has 10 rings (SSSR count). The molecule has 0 fully saturated rings. The summed E-state index contributed by atoms with van der Waals surface area (Å²) in [6.45, 7) is 0. The van der Waals surface area contributed by atoms with Gasteiger partial charge in [-0.25, -0.2) is 15.0 Å². The molecule has 50 heavy (non-hydrogen) atoms. The largest absolute Gasteiger partial charge is 0.455 e. The predicted molar refractivity (Wildman–Crippen MR) is 201 cm³/mol. The van der Waals surface area contributed by atoms with Gasteiger partial charge in [0, 0.05) is 73.5 Å². The highest BCUT2D eigenvalue weighted by Crippen LogP contribution is 2.42. The molecular formula is C44H27N5O. The highest BCUT2D eigenvalue weighted by Gasteiger charge is 2.21. The van der Waals surface area contributed by atoms with Gasteiger partial charge in [-0.1, -0.05) is 103 Å². The molecule has 0 bridgehead atoms. The van der Waals surface area contributed by atoms with E-state index in [2.05, 4.69) is 88.4 Å². The van der Waals surface area contributed by atoms with Crippen molar-refractivity contribution in [3.05, 3.63) is 164 Å². The maximum absolute atomic E-state index is 6.82. The number of rotatable bonds is 5. The average Bonchev–Trinajstić information content (AvgIpc) is 3.72. The molecule has 6 nitrogen and oxygen atoms in total. The molecule has 4 heterocycles. The quantitative estimate of drug-likeness (QED) is 0.187. The first-order chi connectivity index (χ1) is 24.8. The number of benzene rings is 6. The van der Waals surface area contributed by atoms with Crippen molar-refractivity contribution < 1.29 is 4.42 Å². The Morgan fingerprint density at radius 1 is 0.440 bits per heavy atom. The molecule has 0 aliphatic carbocycles. The standard InChI is InChI=1S/C44H27N5O/c1-4-13-28(14-5-1)42-46-43(29-15-6-2-7-16-29)48-44(47-42)31-23-34(30-17-12-22-45-27-30)41-37(24-31)36-25-35-33-20-10-11-21-38(33)49(32-18-8-3-9-19-32)39(35)26-40(36)50-41/h1-27H. The van der Waals surface area contributed by atoms with E-state index in [1.807, 2.05) is 79.0 Å². The van der Waals surface area contributed by atoms with E-state index >= 15 is 0 Å². The SMILES string of the molecule is c1ccc(-c2nc(-c3ccccc3)nc(-c3cc(-c4cccnc4)c4oc5cc6c(cc5c4c3)c3ccccc3n6-c3ccccc3)n2)cc1.